The van der Waals surface area contributed by atoms with Gasteiger partial charge in [0.05, 0.1) is 6.04 Å². The van der Waals surface area contributed by atoms with Crippen LogP contribution < -0.4 is 10.1 Å². The first-order chi connectivity index (χ1) is 10.2. The number of carbonyl (C=O) groups is 2. The molecular formula is C16H20N2O3. The Bertz CT molecular complexity index is 572. The lowest BCUT2D eigenvalue weighted by molar-refractivity contribution is -0.152. The van der Waals surface area contributed by atoms with Crippen molar-refractivity contribution in [2.24, 2.45) is 0 Å². The Balaban J connectivity index is 1.98. The lowest BCUT2D eigenvalue weighted by atomic mass is 9.98. The summed E-state index contributed by atoms with van der Waals surface area (Å²) in [6.07, 6.45) is 1.21. The summed E-state index contributed by atoms with van der Waals surface area (Å²) in [5.74, 6) is 0.742. The molecule has 1 N–H and O–H groups in total. The molecule has 1 aromatic rings. The molecule has 112 valence electrons. The van der Waals surface area contributed by atoms with Crippen LogP contribution in [0.4, 0.5) is 0 Å². The minimum atomic E-state index is -0.423. The summed E-state index contributed by atoms with van der Waals surface area (Å²) in [5.41, 5.74) is 0.994. The summed E-state index contributed by atoms with van der Waals surface area (Å²) in [5, 5.41) is 2.82. The van der Waals surface area contributed by atoms with Crippen molar-refractivity contribution in [2.75, 3.05) is 6.61 Å². The van der Waals surface area contributed by atoms with Gasteiger partial charge in [0.15, 0.2) is 0 Å². The molecule has 2 heterocycles. The molecule has 0 radical (unpaired) electrons. The summed E-state index contributed by atoms with van der Waals surface area (Å²) in [4.78, 5) is 26.7. The maximum Gasteiger partial charge on any atom is 0.246 e. The summed E-state index contributed by atoms with van der Waals surface area (Å²) >= 11 is 0. The standard InChI is InChI=1S/C16H20N2O3/c1-3-11-16(20)18(12(4-2)15(19)17-11)13-9-21-14-8-6-5-7-10(13)14/h5-8,11-13H,3-4,9H2,1-2H3,(H,17,19). The Labute approximate surface area is 124 Å². The van der Waals surface area contributed by atoms with Gasteiger partial charge in [-0.15, -0.1) is 0 Å². The lowest BCUT2D eigenvalue weighted by Gasteiger charge is -2.41. The fourth-order valence-corrected chi connectivity index (χ4v) is 3.19. The third-order valence-electron chi connectivity index (χ3n) is 4.31. The van der Waals surface area contributed by atoms with Crippen LogP contribution in [-0.4, -0.2) is 35.4 Å². The van der Waals surface area contributed by atoms with Gasteiger partial charge in [0.1, 0.15) is 24.4 Å². The van der Waals surface area contributed by atoms with Gasteiger partial charge in [-0.1, -0.05) is 32.0 Å². The molecule has 1 fully saturated rings. The molecule has 1 saturated heterocycles. The molecule has 3 rings (SSSR count). The number of amides is 2. The zero-order chi connectivity index (χ0) is 15.0. The van der Waals surface area contributed by atoms with Crippen molar-refractivity contribution in [3.8, 4) is 5.75 Å². The van der Waals surface area contributed by atoms with Crippen LogP contribution in [0.15, 0.2) is 24.3 Å². The van der Waals surface area contributed by atoms with Crippen molar-refractivity contribution in [3.05, 3.63) is 29.8 Å². The molecule has 0 spiro atoms. The van der Waals surface area contributed by atoms with Crippen LogP contribution in [0.25, 0.3) is 0 Å². The minimum absolute atomic E-state index is 0.00532. The number of nitrogens with zero attached hydrogens (tertiary/aromatic N) is 1. The first-order valence-electron chi connectivity index (χ1n) is 7.51. The number of ether oxygens (including phenoxy) is 1. The van der Waals surface area contributed by atoms with Crippen LogP contribution in [0, 0.1) is 0 Å². The fraction of sp³-hybridized carbons (Fsp3) is 0.500. The molecule has 0 bridgehead atoms. The Hall–Kier alpha value is -2.04. The molecule has 1 aromatic carbocycles. The zero-order valence-corrected chi connectivity index (χ0v) is 12.3. The fourth-order valence-electron chi connectivity index (χ4n) is 3.19. The smallest absolute Gasteiger partial charge is 0.246 e. The highest BCUT2D eigenvalue weighted by Gasteiger charge is 2.44. The van der Waals surface area contributed by atoms with Crippen molar-refractivity contribution in [1.82, 2.24) is 10.2 Å². The first-order valence-corrected chi connectivity index (χ1v) is 7.51. The highest BCUT2D eigenvalue weighted by atomic mass is 16.5. The van der Waals surface area contributed by atoms with Crippen LogP contribution in [0.2, 0.25) is 0 Å². The molecule has 3 atom stereocenters. The number of rotatable bonds is 3. The van der Waals surface area contributed by atoms with Crippen LogP contribution in [0.1, 0.15) is 38.3 Å². The number of nitrogens with one attached hydrogen (secondary N) is 1. The highest BCUT2D eigenvalue weighted by molar-refractivity contribution is 5.97. The van der Waals surface area contributed by atoms with E-state index < -0.39 is 12.1 Å². The van der Waals surface area contributed by atoms with Crippen molar-refractivity contribution in [3.63, 3.8) is 0 Å². The molecule has 5 heteroatoms. The third kappa shape index (κ3) is 2.17. The van der Waals surface area contributed by atoms with Gasteiger partial charge in [-0.25, -0.2) is 0 Å². The average molecular weight is 288 g/mol. The number of carbonyl (C=O) groups excluding carboxylic acids is 2. The Morgan fingerprint density at radius 2 is 2.00 bits per heavy atom. The van der Waals surface area contributed by atoms with E-state index in [1.54, 1.807) is 4.90 Å². The predicted molar refractivity (Wildman–Crippen MR) is 77.8 cm³/mol. The molecule has 0 aromatic heterocycles. The van der Waals surface area contributed by atoms with Crippen molar-refractivity contribution >= 4 is 11.8 Å². The van der Waals surface area contributed by atoms with Crippen molar-refractivity contribution in [1.29, 1.82) is 0 Å². The van der Waals surface area contributed by atoms with E-state index in [1.807, 2.05) is 38.1 Å². The van der Waals surface area contributed by atoms with Crippen LogP contribution in [-0.2, 0) is 9.59 Å². The molecule has 0 aliphatic carbocycles. The van der Waals surface area contributed by atoms with Gasteiger partial charge in [0.25, 0.3) is 0 Å². The van der Waals surface area contributed by atoms with E-state index in [0.29, 0.717) is 19.4 Å². The molecule has 2 aliphatic rings. The number of para-hydroxylation sites is 1. The Kier molecular flexibility index (Phi) is 3.57. The number of piperazine rings is 1. The molecular weight excluding hydrogens is 268 g/mol. The van der Waals surface area contributed by atoms with Gasteiger partial charge in [-0.05, 0) is 18.9 Å². The predicted octanol–water partition coefficient (Wildman–Crippen LogP) is 1.64. The maximum atomic E-state index is 12.7. The largest absolute Gasteiger partial charge is 0.491 e. The Morgan fingerprint density at radius 3 is 2.71 bits per heavy atom. The van der Waals surface area contributed by atoms with Crippen LogP contribution in [0.5, 0.6) is 5.75 Å². The van der Waals surface area contributed by atoms with Gasteiger partial charge in [-0.2, -0.15) is 0 Å². The molecule has 5 nitrogen and oxygen atoms in total. The summed E-state index contributed by atoms with van der Waals surface area (Å²) < 4.78 is 5.68. The Morgan fingerprint density at radius 1 is 1.24 bits per heavy atom. The summed E-state index contributed by atoms with van der Waals surface area (Å²) in [7, 11) is 0. The second-order valence-corrected chi connectivity index (χ2v) is 5.50. The topological polar surface area (TPSA) is 58.6 Å². The van der Waals surface area contributed by atoms with Gasteiger partial charge >= 0.3 is 0 Å². The third-order valence-corrected chi connectivity index (χ3v) is 4.31. The SMILES string of the molecule is CCC1NC(=O)C(CC)N(C2COc3ccccc32)C1=O. The number of hydrogen-bond acceptors (Lipinski definition) is 3. The van der Waals surface area contributed by atoms with E-state index >= 15 is 0 Å². The molecule has 2 amide bonds. The van der Waals surface area contributed by atoms with E-state index in [2.05, 4.69) is 5.32 Å². The van der Waals surface area contributed by atoms with Gasteiger partial charge in [0.2, 0.25) is 11.8 Å². The molecule has 2 aliphatic heterocycles. The number of fused-ring (bicyclic) bond motifs is 1. The first kappa shape index (κ1) is 13.9. The van der Waals surface area contributed by atoms with Crippen molar-refractivity contribution < 1.29 is 14.3 Å². The average Bonchev–Trinajstić information content (AvgIpc) is 2.92. The van der Waals surface area contributed by atoms with E-state index in [1.165, 1.54) is 0 Å². The molecule has 3 unspecified atom stereocenters. The second kappa shape index (κ2) is 5.39. The van der Waals surface area contributed by atoms with E-state index in [-0.39, 0.29) is 17.9 Å². The number of hydrogen-bond donors (Lipinski definition) is 1. The van der Waals surface area contributed by atoms with E-state index in [0.717, 1.165) is 11.3 Å². The second-order valence-electron chi connectivity index (χ2n) is 5.50. The van der Waals surface area contributed by atoms with E-state index in [4.69, 9.17) is 4.74 Å². The van der Waals surface area contributed by atoms with Gasteiger partial charge < -0.3 is 15.0 Å². The lowest BCUT2D eigenvalue weighted by Crippen LogP contribution is -2.63. The number of benzene rings is 1. The monoisotopic (exact) mass is 288 g/mol. The van der Waals surface area contributed by atoms with Crippen LogP contribution in [0.3, 0.4) is 0 Å². The van der Waals surface area contributed by atoms with E-state index in [9.17, 15) is 9.59 Å². The maximum absolute atomic E-state index is 12.7. The van der Waals surface area contributed by atoms with Crippen molar-refractivity contribution in [2.45, 2.75) is 44.8 Å². The van der Waals surface area contributed by atoms with Gasteiger partial charge in [-0.3, -0.25) is 9.59 Å². The normalized spacial score (nSPS) is 28.1. The van der Waals surface area contributed by atoms with Crippen LogP contribution >= 0.6 is 0 Å². The zero-order valence-electron chi connectivity index (χ0n) is 12.3. The molecule has 21 heavy (non-hydrogen) atoms. The summed E-state index contributed by atoms with van der Waals surface area (Å²) in [6, 6.07) is 6.72. The molecule has 0 saturated carbocycles. The minimum Gasteiger partial charge on any atom is -0.491 e. The highest BCUT2D eigenvalue weighted by Crippen LogP contribution is 2.38. The summed E-state index contributed by atoms with van der Waals surface area (Å²) in [6.45, 7) is 4.26. The quantitative estimate of drug-likeness (QED) is 0.920. The van der Waals surface area contributed by atoms with Gasteiger partial charge in [0, 0.05) is 5.56 Å².